The number of anilines is 2. The average molecular weight is 577 g/mol. The number of rotatable bonds is 7. The molecule has 7 rings (SSSR count). The van der Waals surface area contributed by atoms with Crippen molar-refractivity contribution in [2.45, 2.75) is 75.0 Å². The van der Waals surface area contributed by atoms with Crippen LogP contribution < -0.4 is 10.6 Å². The Bertz CT molecular complexity index is 1420. The topological polar surface area (TPSA) is 118 Å². The first kappa shape index (κ1) is 26.6. The number of carbonyl (C=O) groups excluding carboxylic acids is 1. The fraction of sp³-hybridized carbons (Fsp3) is 0.565. The fourth-order valence-electron chi connectivity index (χ4n) is 5.60. The third kappa shape index (κ3) is 5.13. The van der Waals surface area contributed by atoms with Crippen LogP contribution in [0.4, 0.5) is 47.2 Å². The number of halogens is 7. The minimum Gasteiger partial charge on any atom is -0.443 e. The van der Waals surface area contributed by atoms with Gasteiger partial charge in [0.05, 0.1) is 11.9 Å². The lowest BCUT2D eigenvalue weighted by molar-refractivity contribution is -0.330. The Morgan fingerprint density at radius 1 is 1.15 bits per heavy atom. The average Bonchev–Trinajstić information content (AvgIpc) is 3.52. The van der Waals surface area contributed by atoms with Crippen LogP contribution in [0.5, 0.6) is 0 Å². The molecule has 2 bridgehead atoms. The van der Waals surface area contributed by atoms with Gasteiger partial charge in [0.15, 0.2) is 17.3 Å². The lowest BCUT2D eigenvalue weighted by Crippen LogP contribution is -2.68. The first-order valence-electron chi connectivity index (χ1n) is 12.4. The van der Waals surface area contributed by atoms with E-state index in [2.05, 4.69) is 35.7 Å². The molecule has 0 saturated heterocycles. The number of hydrogen-bond donors (Lipinski definition) is 3. The Labute approximate surface area is 220 Å². The van der Waals surface area contributed by atoms with Gasteiger partial charge in [0.1, 0.15) is 24.4 Å². The molecule has 4 saturated carbocycles. The van der Waals surface area contributed by atoms with Crippen LogP contribution in [0.1, 0.15) is 55.1 Å². The van der Waals surface area contributed by atoms with Crippen molar-refractivity contribution in [2.75, 3.05) is 5.32 Å². The summed E-state index contributed by atoms with van der Waals surface area (Å²) in [6.07, 6.45) is -9.16. The van der Waals surface area contributed by atoms with Crippen molar-refractivity contribution in [1.29, 1.82) is 0 Å². The highest BCUT2D eigenvalue weighted by Crippen LogP contribution is 2.57. The second-order valence-corrected chi connectivity index (χ2v) is 10.5. The zero-order chi connectivity index (χ0) is 28.4. The molecule has 0 aromatic carbocycles. The Balaban J connectivity index is 1.16. The molecule has 3 atom stereocenters. The van der Waals surface area contributed by atoms with Crippen LogP contribution in [0.2, 0.25) is 0 Å². The molecule has 3 N–H and O–H groups in total. The SMILES string of the molecule is O=C(NC12CC(C1)C2)O[C@@H]1CC[C@H](c2cc(Nc3nc(C(F)(F)F)cn4nc(COC(F)(F)F)cc34)n[nH]2)[C@H]1F. The summed E-state index contributed by atoms with van der Waals surface area (Å²) in [7, 11) is 0. The van der Waals surface area contributed by atoms with E-state index < -0.39 is 54.9 Å². The van der Waals surface area contributed by atoms with Gasteiger partial charge in [0.25, 0.3) is 0 Å². The van der Waals surface area contributed by atoms with Crippen LogP contribution in [-0.4, -0.2) is 55.1 Å². The molecule has 0 aliphatic heterocycles. The Hall–Kier alpha value is -3.63. The number of nitrogens with one attached hydrogen (secondary N) is 3. The van der Waals surface area contributed by atoms with E-state index in [0.29, 0.717) is 24.2 Å². The van der Waals surface area contributed by atoms with Gasteiger partial charge in [0, 0.05) is 23.2 Å². The molecule has 17 heteroatoms. The largest absolute Gasteiger partial charge is 0.522 e. The van der Waals surface area contributed by atoms with Crippen LogP contribution in [0.15, 0.2) is 18.3 Å². The Morgan fingerprint density at radius 2 is 1.90 bits per heavy atom. The predicted molar refractivity (Wildman–Crippen MR) is 121 cm³/mol. The highest BCUT2D eigenvalue weighted by atomic mass is 19.4. The van der Waals surface area contributed by atoms with Crippen molar-refractivity contribution < 1.29 is 45.0 Å². The maximum atomic E-state index is 15.2. The fourth-order valence-corrected chi connectivity index (χ4v) is 5.60. The minimum absolute atomic E-state index is 0.0176. The van der Waals surface area contributed by atoms with E-state index in [1.165, 1.54) is 6.07 Å². The molecule has 3 aromatic rings. The number of aromatic nitrogens is 5. The van der Waals surface area contributed by atoms with Crippen molar-refractivity contribution in [2.24, 2.45) is 5.92 Å². The van der Waals surface area contributed by atoms with E-state index in [-0.39, 0.29) is 29.0 Å². The maximum Gasteiger partial charge on any atom is 0.522 e. The monoisotopic (exact) mass is 577 g/mol. The van der Waals surface area contributed by atoms with Gasteiger partial charge in [-0.15, -0.1) is 13.2 Å². The molecule has 40 heavy (non-hydrogen) atoms. The van der Waals surface area contributed by atoms with Gasteiger partial charge in [-0.05, 0) is 44.1 Å². The summed E-state index contributed by atoms with van der Waals surface area (Å²) in [5.41, 5.74) is -1.62. The zero-order valence-electron chi connectivity index (χ0n) is 20.4. The first-order chi connectivity index (χ1) is 18.8. The number of H-pyrrole nitrogens is 1. The van der Waals surface area contributed by atoms with E-state index >= 15 is 4.39 Å². The van der Waals surface area contributed by atoms with Gasteiger partial charge in [-0.25, -0.2) is 18.7 Å². The van der Waals surface area contributed by atoms with Crippen molar-refractivity contribution >= 4 is 23.2 Å². The second-order valence-electron chi connectivity index (χ2n) is 10.5. The highest BCUT2D eigenvalue weighted by Gasteiger charge is 2.58. The summed E-state index contributed by atoms with van der Waals surface area (Å²) in [6.45, 7) is -1.03. The molecule has 4 fully saturated rings. The molecule has 3 aromatic heterocycles. The molecule has 0 radical (unpaired) electrons. The third-order valence-corrected chi connectivity index (χ3v) is 7.59. The van der Waals surface area contributed by atoms with Gasteiger partial charge in [-0.1, -0.05) is 0 Å². The Morgan fingerprint density at radius 3 is 2.55 bits per heavy atom. The molecule has 3 heterocycles. The van der Waals surface area contributed by atoms with E-state index in [0.717, 1.165) is 29.8 Å². The number of alkyl carbamates (subject to hydrolysis) is 1. The summed E-state index contributed by atoms with van der Waals surface area (Å²) in [6, 6.07) is 2.47. The van der Waals surface area contributed by atoms with Crippen LogP contribution in [0.3, 0.4) is 0 Å². The summed E-state index contributed by atoms with van der Waals surface area (Å²) in [5.74, 6) is -0.481. The van der Waals surface area contributed by atoms with Gasteiger partial charge in [-0.2, -0.15) is 23.4 Å². The minimum atomic E-state index is -4.96. The summed E-state index contributed by atoms with van der Waals surface area (Å²) in [4.78, 5) is 15.8. The van der Waals surface area contributed by atoms with E-state index in [1.54, 1.807) is 0 Å². The van der Waals surface area contributed by atoms with Crippen LogP contribution in [0, 0.1) is 5.92 Å². The first-order valence-corrected chi connectivity index (χ1v) is 12.4. The van der Waals surface area contributed by atoms with Crippen LogP contribution >= 0.6 is 0 Å². The third-order valence-electron chi connectivity index (χ3n) is 7.59. The summed E-state index contributed by atoms with van der Waals surface area (Å²) >= 11 is 0. The molecule has 4 aliphatic carbocycles. The number of hydrogen-bond acceptors (Lipinski definition) is 7. The molecular formula is C23H22F7N7O3. The van der Waals surface area contributed by atoms with Gasteiger partial charge in [0.2, 0.25) is 0 Å². The maximum absolute atomic E-state index is 15.2. The number of carbonyl (C=O) groups is 1. The molecule has 1 amide bonds. The van der Waals surface area contributed by atoms with E-state index in [9.17, 15) is 31.1 Å². The van der Waals surface area contributed by atoms with E-state index in [4.69, 9.17) is 4.74 Å². The molecule has 10 nitrogen and oxygen atoms in total. The lowest BCUT2D eigenvalue weighted by atomic mass is 9.50. The Kier molecular flexibility index (Phi) is 6.12. The molecular weight excluding hydrogens is 555 g/mol. The van der Waals surface area contributed by atoms with E-state index in [1.807, 2.05) is 0 Å². The van der Waals surface area contributed by atoms with Crippen molar-refractivity contribution in [3.8, 4) is 0 Å². The number of alkyl halides is 7. The predicted octanol–water partition coefficient (Wildman–Crippen LogP) is 5.11. The van der Waals surface area contributed by atoms with Gasteiger partial charge < -0.3 is 15.4 Å². The van der Waals surface area contributed by atoms with Crippen molar-refractivity contribution in [3.63, 3.8) is 0 Å². The number of amides is 1. The molecule has 0 spiro atoms. The van der Waals surface area contributed by atoms with Gasteiger partial charge in [-0.3, -0.25) is 9.84 Å². The van der Waals surface area contributed by atoms with Crippen molar-refractivity contribution in [1.82, 2.24) is 30.1 Å². The second kappa shape index (κ2) is 9.21. The van der Waals surface area contributed by atoms with Crippen LogP contribution in [0.25, 0.3) is 5.52 Å². The zero-order valence-corrected chi connectivity index (χ0v) is 20.4. The molecule has 216 valence electrons. The number of aromatic amines is 1. The highest BCUT2D eigenvalue weighted by molar-refractivity contribution is 5.73. The number of ether oxygens (including phenoxy) is 2. The molecule has 4 aliphatic rings. The standard InChI is InChI=1S/C23H22F7N7O3/c24-18-12(1-2-15(18)40-20(38)33-21-5-10(6-21)7-21)13-4-17(35-34-13)32-19-14-3-11(9-39-23(28,29)30)36-37(14)8-16(31-19)22(25,26)27/h3-4,8,10,12,15,18H,1-2,5-7,9H2,(H,33,38)(H2,31,32,34,35)/t10?,12-,15-,18-,21?/m1/s1. The van der Waals surface area contributed by atoms with Crippen LogP contribution in [-0.2, 0) is 22.3 Å². The lowest BCUT2D eigenvalue weighted by Gasteiger charge is -2.61. The summed E-state index contributed by atoms with van der Waals surface area (Å²) < 4.78 is 103. The quantitative estimate of drug-likeness (QED) is 0.334. The number of fused-ring (bicyclic) bond motifs is 1. The summed E-state index contributed by atoms with van der Waals surface area (Å²) in [5, 5.41) is 15.8. The smallest absolute Gasteiger partial charge is 0.443 e. The normalized spacial score (nSPS) is 27.8. The van der Waals surface area contributed by atoms with Crippen molar-refractivity contribution in [3.05, 3.63) is 35.4 Å². The van der Waals surface area contributed by atoms with Gasteiger partial charge >= 0.3 is 18.6 Å². The molecule has 0 unspecified atom stereocenters. The number of nitrogens with zero attached hydrogens (tertiary/aromatic N) is 4.